The lowest BCUT2D eigenvalue weighted by Crippen LogP contribution is -2.54. The molecule has 0 unspecified atom stereocenters. The average Bonchev–Trinajstić information content (AvgIpc) is 2.36. The summed E-state index contributed by atoms with van der Waals surface area (Å²) in [6, 6.07) is 9.25. The number of hydrogen-bond donors (Lipinski definition) is 2. The van der Waals surface area contributed by atoms with Crippen LogP contribution in [0, 0.1) is 0 Å². The zero-order valence-corrected chi connectivity index (χ0v) is 9.68. The predicted molar refractivity (Wildman–Crippen MR) is 64.7 cm³/mol. The van der Waals surface area contributed by atoms with E-state index in [1.165, 1.54) is 4.90 Å². The van der Waals surface area contributed by atoms with Gasteiger partial charge in [0.25, 0.3) is 0 Å². The number of hydrogen-bond acceptors (Lipinski definition) is 4. The zero-order valence-electron chi connectivity index (χ0n) is 9.68. The lowest BCUT2D eigenvalue weighted by Gasteiger charge is -2.25. The third-order valence-electron chi connectivity index (χ3n) is 2.52. The van der Waals surface area contributed by atoms with E-state index in [-0.39, 0.29) is 25.5 Å². The second-order valence-electron chi connectivity index (χ2n) is 3.94. The minimum absolute atomic E-state index is 0.0601. The molecule has 0 aromatic heterocycles. The van der Waals surface area contributed by atoms with E-state index in [0.717, 1.165) is 5.69 Å². The first-order valence-corrected chi connectivity index (χ1v) is 5.54. The summed E-state index contributed by atoms with van der Waals surface area (Å²) in [4.78, 5) is 35.3. The molecule has 2 rings (SSSR count). The Kier molecular flexibility index (Phi) is 3.57. The lowest BCUT2D eigenvalue weighted by atomic mass is 10.3. The van der Waals surface area contributed by atoms with E-state index in [2.05, 4.69) is 10.6 Å². The summed E-state index contributed by atoms with van der Waals surface area (Å²) < 4.78 is 0. The van der Waals surface area contributed by atoms with Crippen molar-refractivity contribution >= 4 is 23.4 Å². The molecule has 0 radical (unpaired) electrons. The van der Waals surface area contributed by atoms with Crippen LogP contribution in [0.4, 0.5) is 5.69 Å². The Bertz CT molecular complexity index is 457. The van der Waals surface area contributed by atoms with Gasteiger partial charge in [0.05, 0.1) is 6.54 Å². The molecule has 94 valence electrons. The largest absolute Gasteiger partial charge is 0.376 e. The van der Waals surface area contributed by atoms with Gasteiger partial charge in [-0.2, -0.15) is 0 Å². The molecule has 1 heterocycles. The number of amides is 3. The summed E-state index contributed by atoms with van der Waals surface area (Å²) in [5, 5.41) is 5.08. The minimum Gasteiger partial charge on any atom is -0.376 e. The molecule has 0 atom stereocenters. The number of benzene rings is 1. The van der Waals surface area contributed by atoms with Crippen LogP contribution in [-0.4, -0.2) is 42.3 Å². The topological polar surface area (TPSA) is 78.5 Å². The van der Waals surface area contributed by atoms with Crippen molar-refractivity contribution in [3.05, 3.63) is 30.3 Å². The van der Waals surface area contributed by atoms with E-state index >= 15 is 0 Å². The molecule has 6 heteroatoms. The molecule has 0 bridgehead atoms. The molecule has 2 N–H and O–H groups in total. The maximum Gasteiger partial charge on any atom is 0.246 e. The molecule has 18 heavy (non-hydrogen) atoms. The number of imide groups is 1. The third kappa shape index (κ3) is 3.07. The number of para-hydroxylation sites is 1. The van der Waals surface area contributed by atoms with Crippen LogP contribution in [0.3, 0.4) is 0 Å². The smallest absolute Gasteiger partial charge is 0.246 e. The van der Waals surface area contributed by atoms with Gasteiger partial charge in [-0.1, -0.05) is 18.2 Å². The molecule has 3 amide bonds. The van der Waals surface area contributed by atoms with Gasteiger partial charge in [0.1, 0.15) is 13.1 Å². The predicted octanol–water partition coefficient (Wildman–Crippen LogP) is -0.417. The molecule has 0 aliphatic carbocycles. The number of nitrogens with one attached hydrogen (secondary N) is 2. The number of piperazine rings is 1. The molecular weight excluding hydrogens is 234 g/mol. The van der Waals surface area contributed by atoms with Crippen LogP contribution in [0.25, 0.3) is 0 Å². The fourth-order valence-electron chi connectivity index (χ4n) is 1.66. The van der Waals surface area contributed by atoms with Gasteiger partial charge in [0.2, 0.25) is 17.7 Å². The van der Waals surface area contributed by atoms with Crippen molar-refractivity contribution in [2.75, 3.05) is 25.0 Å². The average molecular weight is 247 g/mol. The van der Waals surface area contributed by atoms with Crippen LogP contribution in [0.2, 0.25) is 0 Å². The van der Waals surface area contributed by atoms with Gasteiger partial charge in [-0.15, -0.1) is 0 Å². The van der Waals surface area contributed by atoms with Crippen molar-refractivity contribution in [3.8, 4) is 0 Å². The summed E-state index contributed by atoms with van der Waals surface area (Å²) in [7, 11) is 0. The number of carbonyl (C=O) groups excluding carboxylic acids is 3. The van der Waals surface area contributed by atoms with Crippen molar-refractivity contribution in [1.82, 2.24) is 10.2 Å². The van der Waals surface area contributed by atoms with E-state index in [4.69, 9.17) is 0 Å². The van der Waals surface area contributed by atoms with Crippen LogP contribution >= 0.6 is 0 Å². The van der Waals surface area contributed by atoms with Crippen molar-refractivity contribution in [1.29, 1.82) is 0 Å². The van der Waals surface area contributed by atoms with Crippen LogP contribution < -0.4 is 10.6 Å². The van der Waals surface area contributed by atoms with E-state index in [0.29, 0.717) is 0 Å². The highest BCUT2D eigenvalue weighted by Crippen LogP contribution is 2.05. The highest BCUT2D eigenvalue weighted by Gasteiger charge is 2.25. The first kappa shape index (κ1) is 12.1. The Labute approximate surface area is 104 Å². The fourth-order valence-corrected chi connectivity index (χ4v) is 1.66. The summed E-state index contributed by atoms with van der Waals surface area (Å²) in [6.45, 7) is -0.0767. The Balaban J connectivity index is 1.88. The molecular formula is C12H13N3O3. The van der Waals surface area contributed by atoms with E-state index in [9.17, 15) is 14.4 Å². The maximum absolute atomic E-state index is 11.8. The molecule has 1 aliphatic heterocycles. The second-order valence-corrected chi connectivity index (χ2v) is 3.94. The summed E-state index contributed by atoms with van der Waals surface area (Å²) in [5.41, 5.74) is 0.818. The Morgan fingerprint density at radius 1 is 1.17 bits per heavy atom. The number of anilines is 1. The first-order chi connectivity index (χ1) is 8.65. The van der Waals surface area contributed by atoms with Crippen molar-refractivity contribution in [3.63, 3.8) is 0 Å². The van der Waals surface area contributed by atoms with Crippen LogP contribution in [0.1, 0.15) is 0 Å². The van der Waals surface area contributed by atoms with E-state index in [1.54, 1.807) is 0 Å². The van der Waals surface area contributed by atoms with Gasteiger partial charge >= 0.3 is 0 Å². The van der Waals surface area contributed by atoms with Crippen molar-refractivity contribution in [2.24, 2.45) is 0 Å². The normalized spacial score (nSPS) is 15.2. The summed E-state index contributed by atoms with van der Waals surface area (Å²) in [6.07, 6.45) is 0. The van der Waals surface area contributed by atoms with Gasteiger partial charge in [0.15, 0.2) is 0 Å². The van der Waals surface area contributed by atoms with Crippen LogP contribution in [-0.2, 0) is 14.4 Å². The summed E-state index contributed by atoms with van der Waals surface area (Å²) in [5.74, 6) is -1.17. The molecule has 1 saturated heterocycles. The molecule has 1 aliphatic rings. The second kappa shape index (κ2) is 5.31. The fraction of sp³-hybridized carbons (Fsp3) is 0.250. The zero-order chi connectivity index (χ0) is 13.0. The molecule has 0 saturated carbocycles. The first-order valence-electron chi connectivity index (χ1n) is 5.54. The minimum atomic E-state index is -0.445. The summed E-state index contributed by atoms with van der Waals surface area (Å²) >= 11 is 0. The lowest BCUT2D eigenvalue weighted by molar-refractivity contribution is -0.144. The van der Waals surface area contributed by atoms with Gasteiger partial charge < -0.3 is 10.2 Å². The number of nitrogens with zero attached hydrogens (tertiary/aromatic N) is 1. The molecule has 1 fully saturated rings. The van der Waals surface area contributed by atoms with Gasteiger partial charge in [-0.25, -0.2) is 0 Å². The van der Waals surface area contributed by atoms with Crippen LogP contribution in [0.15, 0.2) is 30.3 Å². The molecule has 0 spiro atoms. The highest BCUT2D eigenvalue weighted by molar-refractivity contribution is 6.02. The number of rotatable bonds is 3. The van der Waals surface area contributed by atoms with Crippen LogP contribution in [0.5, 0.6) is 0 Å². The van der Waals surface area contributed by atoms with Gasteiger partial charge in [0, 0.05) is 5.69 Å². The quantitative estimate of drug-likeness (QED) is 0.711. The Morgan fingerprint density at radius 2 is 1.78 bits per heavy atom. The van der Waals surface area contributed by atoms with Crippen molar-refractivity contribution in [2.45, 2.75) is 0 Å². The number of carbonyl (C=O) groups is 3. The third-order valence-corrected chi connectivity index (χ3v) is 2.52. The SMILES string of the molecule is O=C1CN(C(=O)CNc2ccccc2)CC(=O)N1. The van der Waals surface area contributed by atoms with Gasteiger partial charge in [-0.05, 0) is 12.1 Å². The standard InChI is InChI=1S/C12H13N3O3/c16-10-7-15(8-11(17)14-10)12(18)6-13-9-4-2-1-3-5-9/h1-5,13H,6-8H2,(H,14,16,17). The van der Waals surface area contributed by atoms with Gasteiger partial charge in [-0.3, -0.25) is 19.7 Å². The highest BCUT2D eigenvalue weighted by atomic mass is 16.2. The molecule has 1 aromatic rings. The van der Waals surface area contributed by atoms with E-state index < -0.39 is 11.8 Å². The van der Waals surface area contributed by atoms with E-state index in [1.807, 2.05) is 30.3 Å². The Morgan fingerprint density at radius 3 is 2.39 bits per heavy atom. The van der Waals surface area contributed by atoms with Crippen molar-refractivity contribution < 1.29 is 14.4 Å². The Hall–Kier alpha value is -2.37. The molecule has 1 aromatic carbocycles. The molecule has 6 nitrogen and oxygen atoms in total. The monoisotopic (exact) mass is 247 g/mol. The maximum atomic E-state index is 11.8.